The number of rotatable bonds is 4. The van der Waals surface area contributed by atoms with Crippen LogP contribution in [0.25, 0.3) is 22.3 Å². The number of fused-ring (bicyclic) bond motifs is 3. The Balaban J connectivity index is 1.44. The highest BCUT2D eigenvalue weighted by atomic mass is 19.4. The topological polar surface area (TPSA) is 35.0 Å². The third kappa shape index (κ3) is 3.93. The Morgan fingerprint density at radius 1 is 0.711 bits per heavy atom. The summed E-state index contributed by atoms with van der Waals surface area (Å²) in [6, 6.07) is 28.0. The summed E-state index contributed by atoms with van der Waals surface area (Å²) in [6.07, 6.45) is -1.44. The van der Waals surface area contributed by atoms with Crippen LogP contribution in [0.2, 0.25) is 0 Å². The number of alkyl halides is 3. The summed E-state index contributed by atoms with van der Waals surface area (Å²) in [5.74, 6) is -0.196. The molecule has 0 amide bonds. The molecule has 2 aromatic heterocycles. The summed E-state index contributed by atoms with van der Waals surface area (Å²) in [4.78, 5) is 8.59. The van der Waals surface area contributed by atoms with Crippen LogP contribution in [0.1, 0.15) is 34.9 Å². The Hall–Kier alpha value is -4.45. The van der Waals surface area contributed by atoms with E-state index < -0.39 is 23.0 Å². The fourth-order valence-corrected chi connectivity index (χ4v) is 5.30. The minimum Gasteiger partial charge on any atom is -0.438 e. The van der Waals surface area contributed by atoms with E-state index in [-0.39, 0.29) is 5.75 Å². The van der Waals surface area contributed by atoms with Crippen molar-refractivity contribution in [1.29, 1.82) is 0 Å². The fourth-order valence-electron chi connectivity index (χ4n) is 5.30. The lowest BCUT2D eigenvalue weighted by Gasteiger charge is -2.27. The van der Waals surface area contributed by atoms with Crippen LogP contribution in [-0.2, 0) is 11.6 Å². The van der Waals surface area contributed by atoms with Crippen molar-refractivity contribution in [1.82, 2.24) is 9.97 Å². The largest absolute Gasteiger partial charge is 0.438 e. The normalized spacial score (nSPS) is 16.1. The maximum Gasteiger partial charge on any atom is 0.421 e. The van der Waals surface area contributed by atoms with Gasteiger partial charge in [-0.15, -0.1) is 0 Å². The van der Waals surface area contributed by atoms with E-state index in [1.54, 1.807) is 18.2 Å². The van der Waals surface area contributed by atoms with Gasteiger partial charge in [-0.25, -0.2) is 4.98 Å². The second-order valence-corrected chi connectivity index (χ2v) is 9.63. The van der Waals surface area contributed by atoms with E-state index >= 15 is 0 Å². The lowest BCUT2D eigenvalue weighted by molar-refractivity contribution is -0.138. The molecule has 0 saturated carbocycles. The van der Waals surface area contributed by atoms with Crippen LogP contribution in [-0.4, -0.2) is 9.97 Å². The van der Waals surface area contributed by atoms with E-state index in [4.69, 9.17) is 9.72 Å². The molecule has 0 saturated heterocycles. The number of hydrogen-bond acceptors (Lipinski definition) is 3. The molecule has 2 heterocycles. The van der Waals surface area contributed by atoms with Crippen LogP contribution in [0.15, 0.2) is 103 Å². The minimum atomic E-state index is -4.57. The molecule has 1 unspecified atom stereocenters. The first-order valence-electron chi connectivity index (χ1n) is 12.2. The molecule has 0 aliphatic heterocycles. The van der Waals surface area contributed by atoms with Gasteiger partial charge in [-0.1, -0.05) is 48.5 Å². The van der Waals surface area contributed by atoms with Gasteiger partial charge >= 0.3 is 6.18 Å². The first-order valence-corrected chi connectivity index (χ1v) is 12.2. The van der Waals surface area contributed by atoms with Crippen molar-refractivity contribution in [3.8, 4) is 33.9 Å². The average molecular weight is 509 g/mol. The van der Waals surface area contributed by atoms with Gasteiger partial charge in [0.15, 0.2) is 0 Å². The van der Waals surface area contributed by atoms with Gasteiger partial charge in [0.05, 0.1) is 11.1 Å². The Kier molecular flexibility index (Phi) is 5.56. The number of aromatic nitrogens is 2. The Labute approximate surface area is 218 Å². The minimum absolute atomic E-state index is 0.276. The van der Waals surface area contributed by atoms with Crippen LogP contribution >= 0.6 is 0 Å². The second kappa shape index (κ2) is 8.84. The highest BCUT2D eigenvalue weighted by Crippen LogP contribution is 2.52. The number of ether oxygens (including phenoxy) is 1. The molecule has 1 aliphatic rings. The molecule has 3 nitrogen and oxygen atoms in total. The Morgan fingerprint density at radius 3 is 2.32 bits per heavy atom. The molecule has 1 atom stereocenters. The average Bonchev–Trinajstić information content (AvgIpc) is 3.17. The van der Waals surface area contributed by atoms with E-state index in [1.807, 2.05) is 36.5 Å². The molecular weight excluding hydrogens is 485 g/mol. The summed E-state index contributed by atoms with van der Waals surface area (Å²) >= 11 is 0. The van der Waals surface area contributed by atoms with Gasteiger partial charge in [-0.3, -0.25) is 4.98 Å². The third-order valence-corrected chi connectivity index (χ3v) is 7.20. The summed E-state index contributed by atoms with van der Waals surface area (Å²) in [6.45, 7) is 4.26. The zero-order valence-electron chi connectivity index (χ0n) is 20.8. The van der Waals surface area contributed by atoms with Crippen molar-refractivity contribution >= 4 is 0 Å². The van der Waals surface area contributed by atoms with Crippen molar-refractivity contribution in [3.05, 3.63) is 131 Å². The molecule has 6 rings (SSSR count). The van der Waals surface area contributed by atoms with Crippen molar-refractivity contribution in [3.63, 3.8) is 0 Å². The summed E-state index contributed by atoms with van der Waals surface area (Å²) < 4.78 is 46.0. The molecule has 0 fully saturated rings. The zero-order valence-corrected chi connectivity index (χ0v) is 20.8. The van der Waals surface area contributed by atoms with Crippen LogP contribution < -0.4 is 4.74 Å². The molecule has 0 N–H and O–H groups in total. The fraction of sp³-hybridized carbons (Fsp3) is 0.125. The zero-order chi connectivity index (χ0) is 26.5. The summed E-state index contributed by atoms with van der Waals surface area (Å²) in [5.41, 5.74) is 7.12. The monoisotopic (exact) mass is 508 g/mol. The maximum absolute atomic E-state index is 13.4. The first-order chi connectivity index (χ1) is 18.2. The smallest absolute Gasteiger partial charge is 0.421 e. The highest BCUT2D eigenvalue weighted by Gasteiger charge is 2.42. The van der Waals surface area contributed by atoms with Gasteiger partial charge in [0.2, 0.25) is 5.88 Å². The molecule has 3 aromatic carbocycles. The molecule has 5 aromatic rings. The van der Waals surface area contributed by atoms with Crippen LogP contribution in [0.5, 0.6) is 11.6 Å². The maximum atomic E-state index is 13.4. The van der Waals surface area contributed by atoms with Gasteiger partial charge in [0.25, 0.3) is 0 Å². The van der Waals surface area contributed by atoms with E-state index in [2.05, 4.69) is 49.2 Å². The quantitative estimate of drug-likeness (QED) is 0.244. The number of hydrogen-bond donors (Lipinski definition) is 0. The van der Waals surface area contributed by atoms with Crippen molar-refractivity contribution in [2.75, 3.05) is 0 Å². The standard InChI is InChI=1S/C32H23F3N2O/c1-20-14-16-36-29(17-20)31(2)26-10-4-3-9-24(26)25-13-12-22(19-28(25)31)21-7-5-8-23(18-21)38-30-27(32(33,34)35)11-6-15-37-30/h3-19H,1-2H3. The van der Waals surface area contributed by atoms with E-state index in [9.17, 15) is 13.2 Å². The van der Waals surface area contributed by atoms with Gasteiger partial charge in [0.1, 0.15) is 11.3 Å². The molecule has 38 heavy (non-hydrogen) atoms. The first kappa shape index (κ1) is 23.9. The molecule has 6 heteroatoms. The van der Waals surface area contributed by atoms with Crippen LogP contribution in [0.3, 0.4) is 0 Å². The molecule has 0 radical (unpaired) electrons. The second-order valence-electron chi connectivity index (χ2n) is 9.63. The highest BCUT2D eigenvalue weighted by molar-refractivity contribution is 5.85. The number of benzene rings is 3. The number of halogens is 3. The van der Waals surface area contributed by atoms with E-state index in [0.717, 1.165) is 39.6 Å². The van der Waals surface area contributed by atoms with E-state index in [1.165, 1.54) is 23.4 Å². The van der Waals surface area contributed by atoms with Crippen molar-refractivity contribution in [2.45, 2.75) is 25.4 Å². The Morgan fingerprint density at radius 2 is 1.50 bits per heavy atom. The predicted octanol–water partition coefficient (Wildman–Crippen LogP) is 8.60. The third-order valence-electron chi connectivity index (χ3n) is 7.20. The summed E-state index contributed by atoms with van der Waals surface area (Å²) in [7, 11) is 0. The van der Waals surface area contributed by atoms with Crippen LogP contribution in [0.4, 0.5) is 13.2 Å². The van der Waals surface area contributed by atoms with E-state index in [0.29, 0.717) is 0 Å². The lowest BCUT2D eigenvalue weighted by Crippen LogP contribution is -2.24. The van der Waals surface area contributed by atoms with Gasteiger partial charge < -0.3 is 4.74 Å². The van der Waals surface area contributed by atoms with Gasteiger partial charge in [0, 0.05) is 12.4 Å². The predicted molar refractivity (Wildman–Crippen MR) is 141 cm³/mol. The van der Waals surface area contributed by atoms with Crippen LogP contribution in [0, 0.1) is 6.92 Å². The van der Waals surface area contributed by atoms with Crippen molar-refractivity contribution in [2.24, 2.45) is 0 Å². The summed E-state index contributed by atoms with van der Waals surface area (Å²) in [5, 5.41) is 0. The Bertz CT molecular complexity index is 1680. The molecule has 0 spiro atoms. The molecule has 188 valence electrons. The number of aryl methyl sites for hydroxylation is 1. The molecular formula is C32H23F3N2O. The number of pyridine rings is 2. The molecule has 1 aliphatic carbocycles. The SMILES string of the molecule is Cc1ccnc(C2(C)c3ccccc3-c3ccc(-c4cccc(Oc5ncccc5C(F)(F)F)c4)cc32)c1. The van der Waals surface area contributed by atoms with Crippen molar-refractivity contribution < 1.29 is 17.9 Å². The molecule has 0 bridgehead atoms. The lowest BCUT2D eigenvalue weighted by atomic mass is 9.76. The van der Waals surface area contributed by atoms with Gasteiger partial charge in [-0.05, 0) is 95.3 Å². The number of nitrogens with zero attached hydrogens (tertiary/aromatic N) is 2. The van der Waals surface area contributed by atoms with Gasteiger partial charge in [-0.2, -0.15) is 13.2 Å².